The Hall–Kier alpha value is -1.19. The normalized spacial score (nSPS) is 22.7. The smallest absolute Gasteiger partial charge is 0.179 e. The highest BCUT2D eigenvalue weighted by Crippen LogP contribution is 2.15. The molecule has 0 aromatic heterocycles. The van der Waals surface area contributed by atoms with Crippen molar-refractivity contribution in [3.8, 4) is 0 Å². The summed E-state index contributed by atoms with van der Waals surface area (Å²) in [5, 5.41) is 0. The van der Waals surface area contributed by atoms with Crippen LogP contribution in [0.1, 0.15) is 35.7 Å². The summed E-state index contributed by atoms with van der Waals surface area (Å²) in [6, 6.07) is 7.95. The summed E-state index contributed by atoms with van der Waals surface area (Å²) in [7, 11) is 0. The van der Waals surface area contributed by atoms with Gasteiger partial charge < -0.3 is 5.73 Å². The highest BCUT2D eigenvalue weighted by atomic mass is 16.1. The molecule has 2 rings (SSSR count). The van der Waals surface area contributed by atoms with Crippen LogP contribution < -0.4 is 5.73 Å². The summed E-state index contributed by atoms with van der Waals surface area (Å²) in [5.74, 6) is 0.198. The van der Waals surface area contributed by atoms with Gasteiger partial charge in [-0.2, -0.15) is 0 Å². The maximum atomic E-state index is 12.4. The lowest BCUT2D eigenvalue weighted by Gasteiger charge is -2.34. The molecule has 1 saturated heterocycles. The van der Waals surface area contributed by atoms with E-state index in [1.54, 1.807) is 0 Å². The van der Waals surface area contributed by atoms with Gasteiger partial charge in [0.2, 0.25) is 0 Å². The quantitative estimate of drug-likeness (QED) is 0.830. The Morgan fingerprint density at radius 2 is 2.06 bits per heavy atom. The topological polar surface area (TPSA) is 46.3 Å². The Balaban J connectivity index is 2.06. The van der Waals surface area contributed by atoms with Crippen molar-refractivity contribution in [1.82, 2.24) is 4.90 Å². The highest BCUT2D eigenvalue weighted by Gasteiger charge is 2.26. The summed E-state index contributed by atoms with van der Waals surface area (Å²) in [5.41, 5.74) is 7.95. The molecule has 1 fully saturated rings. The minimum atomic E-state index is -0.0703. The minimum Gasteiger partial charge on any atom is -0.327 e. The van der Waals surface area contributed by atoms with Gasteiger partial charge in [-0.3, -0.25) is 9.69 Å². The first-order valence-electron chi connectivity index (χ1n) is 6.68. The van der Waals surface area contributed by atoms with Crippen LogP contribution in [0.4, 0.5) is 0 Å². The van der Waals surface area contributed by atoms with Crippen LogP contribution in [-0.2, 0) is 0 Å². The predicted octanol–water partition coefficient (Wildman–Crippen LogP) is 1.99. The average Bonchev–Trinajstić information content (AvgIpc) is 2.38. The molecule has 1 heterocycles. The van der Waals surface area contributed by atoms with Crippen LogP contribution >= 0.6 is 0 Å². The molecule has 18 heavy (non-hydrogen) atoms. The van der Waals surface area contributed by atoms with Crippen LogP contribution in [-0.4, -0.2) is 35.9 Å². The third-order valence-electron chi connectivity index (χ3n) is 3.75. The number of likely N-dealkylation sites (tertiary alicyclic amines) is 1. The van der Waals surface area contributed by atoms with Gasteiger partial charge in [-0.15, -0.1) is 0 Å². The van der Waals surface area contributed by atoms with E-state index in [-0.39, 0.29) is 17.9 Å². The van der Waals surface area contributed by atoms with Crippen LogP contribution in [0.2, 0.25) is 0 Å². The number of aryl methyl sites for hydroxylation is 1. The largest absolute Gasteiger partial charge is 0.327 e. The molecular weight excluding hydrogens is 224 g/mol. The first-order chi connectivity index (χ1) is 8.58. The predicted molar refractivity (Wildman–Crippen MR) is 73.8 cm³/mol. The molecule has 1 aliphatic rings. The molecule has 98 valence electrons. The van der Waals surface area contributed by atoms with Gasteiger partial charge in [-0.1, -0.05) is 29.8 Å². The van der Waals surface area contributed by atoms with Gasteiger partial charge in [0.05, 0.1) is 6.04 Å². The monoisotopic (exact) mass is 246 g/mol. The zero-order valence-electron chi connectivity index (χ0n) is 11.2. The van der Waals surface area contributed by atoms with E-state index in [1.165, 1.54) is 5.56 Å². The lowest BCUT2D eigenvalue weighted by molar-refractivity contribution is 0.0794. The second-order valence-corrected chi connectivity index (χ2v) is 5.30. The molecule has 0 aliphatic carbocycles. The molecule has 0 amide bonds. The number of benzene rings is 1. The maximum Gasteiger partial charge on any atom is 0.179 e. The minimum absolute atomic E-state index is 0.0703. The Morgan fingerprint density at radius 1 is 1.39 bits per heavy atom. The van der Waals surface area contributed by atoms with Crippen molar-refractivity contribution in [3.05, 3.63) is 35.4 Å². The van der Waals surface area contributed by atoms with Gasteiger partial charge >= 0.3 is 0 Å². The van der Waals surface area contributed by atoms with Crippen LogP contribution in [0.25, 0.3) is 0 Å². The van der Waals surface area contributed by atoms with E-state index >= 15 is 0 Å². The number of piperidine rings is 1. The molecule has 1 aromatic rings. The molecule has 2 N–H and O–H groups in total. The molecule has 2 unspecified atom stereocenters. The fourth-order valence-corrected chi connectivity index (χ4v) is 2.52. The maximum absolute atomic E-state index is 12.4. The summed E-state index contributed by atoms with van der Waals surface area (Å²) in [6.07, 6.45) is 2.16. The summed E-state index contributed by atoms with van der Waals surface area (Å²) in [6.45, 7) is 5.83. The molecular formula is C15H22N2O. The van der Waals surface area contributed by atoms with Crippen molar-refractivity contribution < 1.29 is 4.79 Å². The third kappa shape index (κ3) is 2.98. The van der Waals surface area contributed by atoms with E-state index in [9.17, 15) is 4.79 Å². The number of nitrogens with zero attached hydrogens (tertiary/aromatic N) is 1. The number of carbonyl (C=O) groups is 1. The molecule has 1 aliphatic heterocycles. The number of carbonyl (C=O) groups excluding carboxylic acids is 1. The molecule has 3 heteroatoms. The number of rotatable bonds is 3. The molecule has 2 atom stereocenters. The number of nitrogens with two attached hydrogens (primary N) is 1. The van der Waals surface area contributed by atoms with E-state index < -0.39 is 0 Å². The van der Waals surface area contributed by atoms with E-state index in [4.69, 9.17) is 5.73 Å². The van der Waals surface area contributed by atoms with Gasteiger partial charge in [0, 0.05) is 18.2 Å². The molecule has 3 nitrogen and oxygen atoms in total. The number of Topliss-reactive ketones (excluding diaryl/α,β-unsaturated/α-hetero) is 1. The Kier molecular flexibility index (Phi) is 4.15. The highest BCUT2D eigenvalue weighted by molar-refractivity contribution is 5.99. The second kappa shape index (κ2) is 5.63. The molecule has 0 saturated carbocycles. The van der Waals surface area contributed by atoms with Gasteiger partial charge in [0.15, 0.2) is 5.78 Å². The van der Waals surface area contributed by atoms with Crippen molar-refractivity contribution >= 4 is 5.78 Å². The van der Waals surface area contributed by atoms with Crippen LogP contribution in [0.3, 0.4) is 0 Å². The van der Waals surface area contributed by atoms with Crippen molar-refractivity contribution in [1.29, 1.82) is 0 Å². The Morgan fingerprint density at radius 3 is 2.67 bits per heavy atom. The number of hydrogen-bond donors (Lipinski definition) is 1. The summed E-state index contributed by atoms with van der Waals surface area (Å²) < 4.78 is 0. The standard InChI is InChI=1S/C15H22N2O/c1-11-5-7-13(8-6-11)15(18)12(2)17-9-3-4-14(16)10-17/h5-8,12,14H,3-4,9-10,16H2,1-2H3. The number of hydrogen-bond acceptors (Lipinski definition) is 3. The third-order valence-corrected chi connectivity index (χ3v) is 3.75. The first-order valence-corrected chi connectivity index (χ1v) is 6.68. The van der Waals surface area contributed by atoms with Gasteiger partial charge in [-0.05, 0) is 33.2 Å². The van der Waals surface area contributed by atoms with E-state index in [0.29, 0.717) is 0 Å². The van der Waals surface area contributed by atoms with E-state index in [2.05, 4.69) is 4.90 Å². The van der Waals surface area contributed by atoms with Crippen LogP contribution in [0, 0.1) is 6.92 Å². The zero-order valence-corrected chi connectivity index (χ0v) is 11.2. The number of ketones is 1. The van der Waals surface area contributed by atoms with Crippen molar-refractivity contribution in [2.75, 3.05) is 13.1 Å². The van der Waals surface area contributed by atoms with E-state index in [0.717, 1.165) is 31.5 Å². The molecule has 0 spiro atoms. The first kappa shape index (κ1) is 13.2. The van der Waals surface area contributed by atoms with Crippen LogP contribution in [0.15, 0.2) is 24.3 Å². The SMILES string of the molecule is Cc1ccc(C(=O)C(C)N2CCCC(N)C2)cc1. The second-order valence-electron chi connectivity index (χ2n) is 5.30. The summed E-state index contributed by atoms with van der Waals surface area (Å²) >= 11 is 0. The van der Waals surface area contributed by atoms with Crippen LogP contribution in [0.5, 0.6) is 0 Å². The lowest BCUT2D eigenvalue weighted by atomic mass is 9.99. The fraction of sp³-hybridized carbons (Fsp3) is 0.533. The Labute approximate surface area is 109 Å². The van der Waals surface area contributed by atoms with E-state index in [1.807, 2.05) is 38.1 Å². The molecule has 0 bridgehead atoms. The summed E-state index contributed by atoms with van der Waals surface area (Å²) in [4.78, 5) is 14.6. The van der Waals surface area contributed by atoms with Gasteiger partial charge in [0.25, 0.3) is 0 Å². The zero-order chi connectivity index (χ0) is 13.1. The van der Waals surface area contributed by atoms with Crippen molar-refractivity contribution in [3.63, 3.8) is 0 Å². The average molecular weight is 246 g/mol. The van der Waals surface area contributed by atoms with Gasteiger partial charge in [0.1, 0.15) is 0 Å². The Bertz CT molecular complexity index is 413. The van der Waals surface area contributed by atoms with Crippen molar-refractivity contribution in [2.45, 2.75) is 38.8 Å². The molecule has 1 aromatic carbocycles. The molecule has 0 radical (unpaired) electrons. The lowest BCUT2D eigenvalue weighted by Crippen LogP contribution is -2.49. The van der Waals surface area contributed by atoms with Crippen molar-refractivity contribution in [2.24, 2.45) is 5.73 Å². The van der Waals surface area contributed by atoms with Gasteiger partial charge in [-0.25, -0.2) is 0 Å². The fourth-order valence-electron chi connectivity index (χ4n) is 2.52.